The first-order valence-corrected chi connectivity index (χ1v) is 11.0. The van der Waals surface area contributed by atoms with Crippen LogP contribution in [-0.2, 0) is 14.6 Å². The molecule has 0 radical (unpaired) electrons. The quantitative estimate of drug-likeness (QED) is 0.796. The van der Waals surface area contributed by atoms with E-state index in [0.717, 1.165) is 5.69 Å². The highest BCUT2D eigenvalue weighted by molar-refractivity contribution is 8.16. The molecule has 25 heavy (non-hydrogen) atoms. The summed E-state index contributed by atoms with van der Waals surface area (Å²) in [6.07, 6.45) is 0. The van der Waals surface area contributed by atoms with Gasteiger partial charge < -0.3 is 9.64 Å². The number of carbonyl (C=O) groups is 1. The fourth-order valence-corrected chi connectivity index (χ4v) is 6.92. The number of fused-ring (bicyclic) bond motifs is 1. The van der Waals surface area contributed by atoms with E-state index < -0.39 is 9.84 Å². The summed E-state index contributed by atoms with van der Waals surface area (Å²) < 4.78 is 29.9. The van der Waals surface area contributed by atoms with Crippen LogP contribution in [0.3, 0.4) is 0 Å². The molecule has 0 aromatic heterocycles. The lowest BCUT2D eigenvalue weighted by atomic mass is 10.2. The molecule has 0 bridgehead atoms. The molecule has 8 heteroatoms. The third-order valence-electron chi connectivity index (χ3n) is 4.19. The van der Waals surface area contributed by atoms with E-state index in [1.165, 1.54) is 11.8 Å². The van der Waals surface area contributed by atoms with Crippen LogP contribution in [-0.4, -0.2) is 48.9 Å². The number of amides is 1. The Kier molecular flexibility index (Phi) is 5.11. The SMILES string of the molecule is CCOc1ccccc1N1C(=NC(=O)C(C)C)S[C@H]2CS(=O)(=O)C[C@@H]21. The first kappa shape index (κ1) is 18.3. The van der Waals surface area contributed by atoms with Gasteiger partial charge in [-0.15, -0.1) is 0 Å². The number of rotatable bonds is 4. The van der Waals surface area contributed by atoms with Gasteiger partial charge in [-0.3, -0.25) is 4.79 Å². The molecule has 136 valence electrons. The van der Waals surface area contributed by atoms with Crippen LogP contribution in [0, 0.1) is 5.92 Å². The molecule has 1 aromatic rings. The van der Waals surface area contributed by atoms with Gasteiger partial charge in [0.1, 0.15) is 5.75 Å². The molecule has 0 saturated carbocycles. The molecule has 3 rings (SSSR count). The molecule has 1 amide bonds. The Hall–Kier alpha value is -1.54. The Labute approximate surface area is 152 Å². The molecule has 2 aliphatic rings. The zero-order valence-electron chi connectivity index (χ0n) is 14.5. The number of hydrogen-bond donors (Lipinski definition) is 0. The molecule has 0 aliphatic carbocycles. The number of sulfone groups is 1. The Balaban J connectivity index is 2.05. The van der Waals surface area contributed by atoms with E-state index in [2.05, 4.69) is 4.99 Å². The Morgan fingerprint density at radius 1 is 1.36 bits per heavy atom. The Bertz CT molecular complexity index is 805. The summed E-state index contributed by atoms with van der Waals surface area (Å²) >= 11 is 1.38. The molecule has 0 spiro atoms. The average Bonchev–Trinajstić information content (AvgIpc) is 2.99. The van der Waals surface area contributed by atoms with E-state index >= 15 is 0 Å². The molecule has 1 aromatic carbocycles. The molecule has 2 fully saturated rings. The minimum absolute atomic E-state index is 0.0695. The predicted octanol–water partition coefficient (Wildman–Crippen LogP) is 2.34. The summed E-state index contributed by atoms with van der Waals surface area (Å²) in [6.45, 7) is 6.00. The van der Waals surface area contributed by atoms with Crippen molar-refractivity contribution < 1.29 is 17.9 Å². The summed E-state index contributed by atoms with van der Waals surface area (Å²) in [5.41, 5.74) is 0.761. The first-order chi connectivity index (χ1) is 11.8. The number of benzene rings is 1. The largest absolute Gasteiger partial charge is 0.492 e. The number of para-hydroxylation sites is 2. The molecule has 2 heterocycles. The van der Waals surface area contributed by atoms with E-state index in [9.17, 15) is 13.2 Å². The lowest BCUT2D eigenvalue weighted by molar-refractivity contribution is -0.120. The lowest BCUT2D eigenvalue weighted by Crippen LogP contribution is -2.38. The van der Waals surface area contributed by atoms with E-state index in [1.807, 2.05) is 36.1 Å². The smallest absolute Gasteiger partial charge is 0.250 e. The highest BCUT2D eigenvalue weighted by Crippen LogP contribution is 2.43. The molecule has 0 unspecified atom stereocenters. The maximum Gasteiger partial charge on any atom is 0.250 e. The standard InChI is InChI=1S/C17H22N2O4S2/c1-4-23-14-8-6-5-7-12(14)19-13-9-25(21,22)10-15(13)24-17(19)18-16(20)11(2)3/h5-8,11,13,15H,4,9-10H2,1-3H3/t13-,15-/m0/s1. The normalized spacial score (nSPS) is 26.2. The van der Waals surface area contributed by atoms with Gasteiger partial charge in [-0.1, -0.05) is 37.7 Å². The average molecular weight is 383 g/mol. The molecule has 6 nitrogen and oxygen atoms in total. The zero-order chi connectivity index (χ0) is 18.2. The van der Waals surface area contributed by atoms with Crippen molar-refractivity contribution in [2.45, 2.75) is 32.1 Å². The van der Waals surface area contributed by atoms with Gasteiger partial charge in [0, 0.05) is 11.2 Å². The fourth-order valence-electron chi connectivity index (χ4n) is 3.00. The van der Waals surface area contributed by atoms with Crippen LogP contribution in [0.2, 0.25) is 0 Å². The molecular formula is C17H22N2O4S2. The van der Waals surface area contributed by atoms with E-state index in [1.54, 1.807) is 13.8 Å². The minimum atomic E-state index is -3.08. The maximum absolute atomic E-state index is 12.2. The van der Waals surface area contributed by atoms with Gasteiger partial charge in [-0.05, 0) is 19.1 Å². The molecule has 2 saturated heterocycles. The van der Waals surface area contributed by atoms with Gasteiger partial charge in [0.25, 0.3) is 5.91 Å². The summed E-state index contributed by atoms with van der Waals surface area (Å²) in [5, 5.41) is 0.453. The van der Waals surface area contributed by atoms with Crippen molar-refractivity contribution in [3.63, 3.8) is 0 Å². The maximum atomic E-state index is 12.2. The van der Waals surface area contributed by atoms with E-state index in [-0.39, 0.29) is 34.6 Å². The Morgan fingerprint density at radius 3 is 2.76 bits per heavy atom. The van der Waals surface area contributed by atoms with Crippen LogP contribution in [0.15, 0.2) is 29.3 Å². The molecule has 2 atom stereocenters. The van der Waals surface area contributed by atoms with E-state index in [0.29, 0.717) is 17.5 Å². The molecular weight excluding hydrogens is 360 g/mol. The molecule has 0 N–H and O–H groups in total. The van der Waals surface area contributed by atoms with Crippen molar-refractivity contribution >= 4 is 38.4 Å². The second-order valence-corrected chi connectivity index (χ2v) is 9.82. The third kappa shape index (κ3) is 3.69. The Morgan fingerprint density at radius 2 is 2.08 bits per heavy atom. The number of carbonyl (C=O) groups excluding carboxylic acids is 1. The monoisotopic (exact) mass is 382 g/mol. The van der Waals surface area contributed by atoms with Crippen molar-refractivity contribution in [1.82, 2.24) is 0 Å². The van der Waals surface area contributed by atoms with Crippen LogP contribution in [0.4, 0.5) is 5.69 Å². The summed E-state index contributed by atoms with van der Waals surface area (Å²) in [6, 6.07) is 7.25. The van der Waals surface area contributed by atoms with Gasteiger partial charge in [0.05, 0.1) is 29.8 Å². The minimum Gasteiger partial charge on any atom is -0.492 e. The van der Waals surface area contributed by atoms with E-state index in [4.69, 9.17) is 4.74 Å². The van der Waals surface area contributed by atoms with Gasteiger partial charge >= 0.3 is 0 Å². The van der Waals surface area contributed by atoms with Crippen LogP contribution in [0.1, 0.15) is 20.8 Å². The van der Waals surface area contributed by atoms with Crippen LogP contribution in [0.5, 0.6) is 5.75 Å². The van der Waals surface area contributed by atoms with Gasteiger partial charge in [0.15, 0.2) is 15.0 Å². The predicted molar refractivity (Wildman–Crippen MR) is 101 cm³/mol. The second-order valence-electron chi connectivity index (χ2n) is 6.46. The number of ether oxygens (including phenoxy) is 1. The highest BCUT2D eigenvalue weighted by Gasteiger charge is 2.50. The number of nitrogens with zero attached hydrogens (tertiary/aromatic N) is 2. The van der Waals surface area contributed by atoms with Crippen LogP contribution in [0.25, 0.3) is 0 Å². The zero-order valence-corrected chi connectivity index (χ0v) is 16.1. The third-order valence-corrected chi connectivity index (χ3v) is 7.40. The summed E-state index contributed by atoms with van der Waals surface area (Å²) in [5.74, 6) is 0.440. The van der Waals surface area contributed by atoms with Crippen molar-refractivity contribution in [3.05, 3.63) is 24.3 Å². The van der Waals surface area contributed by atoms with Crippen molar-refractivity contribution in [2.24, 2.45) is 10.9 Å². The fraction of sp³-hybridized carbons (Fsp3) is 0.529. The highest BCUT2D eigenvalue weighted by atomic mass is 32.2. The topological polar surface area (TPSA) is 76.0 Å². The van der Waals surface area contributed by atoms with Gasteiger partial charge in [-0.2, -0.15) is 4.99 Å². The summed E-state index contributed by atoms with van der Waals surface area (Å²) in [4.78, 5) is 18.3. The number of hydrogen-bond acceptors (Lipinski definition) is 5. The summed E-state index contributed by atoms with van der Waals surface area (Å²) in [7, 11) is -3.08. The van der Waals surface area contributed by atoms with Gasteiger partial charge in [-0.25, -0.2) is 8.42 Å². The number of amidine groups is 1. The van der Waals surface area contributed by atoms with Crippen molar-refractivity contribution in [1.29, 1.82) is 0 Å². The van der Waals surface area contributed by atoms with Crippen LogP contribution >= 0.6 is 11.8 Å². The number of anilines is 1. The number of thioether (sulfide) groups is 1. The van der Waals surface area contributed by atoms with Gasteiger partial charge in [0.2, 0.25) is 0 Å². The van der Waals surface area contributed by atoms with Crippen LogP contribution < -0.4 is 9.64 Å². The number of aliphatic imine (C=N–C) groups is 1. The molecule has 2 aliphatic heterocycles. The second kappa shape index (κ2) is 6.99. The first-order valence-electron chi connectivity index (χ1n) is 8.33. The lowest BCUT2D eigenvalue weighted by Gasteiger charge is -2.26. The van der Waals surface area contributed by atoms with Crippen molar-refractivity contribution in [3.8, 4) is 5.75 Å². The van der Waals surface area contributed by atoms with Crippen molar-refractivity contribution in [2.75, 3.05) is 23.0 Å².